The maximum absolute atomic E-state index is 11.6. The monoisotopic (exact) mass is 200 g/mol. The number of ether oxygens (including phenoxy) is 1. The first-order chi connectivity index (χ1) is 6.59. The van der Waals surface area contributed by atoms with Gasteiger partial charge in [-0.3, -0.25) is 0 Å². The first-order valence-electron chi connectivity index (χ1n) is 5.19. The zero-order valence-electron chi connectivity index (χ0n) is 9.25. The lowest BCUT2D eigenvalue weighted by Gasteiger charge is -2.21. The molecule has 82 valence electrons. The van der Waals surface area contributed by atoms with Crippen LogP contribution in [0.1, 0.15) is 20.3 Å². The summed E-state index contributed by atoms with van der Waals surface area (Å²) >= 11 is 0. The van der Waals surface area contributed by atoms with Crippen LogP contribution in [0.5, 0.6) is 0 Å². The van der Waals surface area contributed by atoms with Gasteiger partial charge in [0.15, 0.2) is 0 Å². The Kier molecular flexibility index (Phi) is 4.20. The fourth-order valence-electron chi connectivity index (χ4n) is 1.56. The average Bonchev–Trinajstić information content (AvgIpc) is 2.55. The van der Waals surface area contributed by atoms with Crippen LogP contribution in [0.3, 0.4) is 0 Å². The van der Waals surface area contributed by atoms with Gasteiger partial charge in [0, 0.05) is 20.2 Å². The van der Waals surface area contributed by atoms with Crippen LogP contribution in [-0.4, -0.2) is 43.8 Å². The number of amides is 2. The third-order valence-electron chi connectivity index (χ3n) is 2.24. The van der Waals surface area contributed by atoms with Crippen LogP contribution in [0.25, 0.3) is 0 Å². The number of nitrogens with zero attached hydrogens (tertiary/aromatic N) is 1. The second kappa shape index (κ2) is 5.20. The van der Waals surface area contributed by atoms with Crippen molar-refractivity contribution < 1.29 is 9.53 Å². The Morgan fingerprint density at radius 3 is 2.86 bits per heavy atom. The molecule has 4 heteroatoms. The minimum atomic E-state index is 0.00852. The molecule has 0 saturated carbocycles. The van der Waals surface area contributed by atoms with E-state index in [0.717, 1.165) is 19.6 Å². The van der Waals surface area contributed by atoms with E-state index < -0.39 is 0 Å². The van der Waals surface area contributed by atoms with E-state index >= 15 is 0 Å². The van der Waals surface area contributed by atoms with Crippen molar-refractivity contribution in [3.63, 3.8) is 0 Å². The summed E-state index contributed by atoms with van der Waals surface area (Å²) in [5.41, 5.74) is 0. The molecule has 1 unspecified atom stereocenters. The number of hydrogen-bond acceptors (Lipinski definition) is 2. The molecular weight excluding hydrogens is 180 g/mol. The van der Waals surface area contributed by atoms with E-state index in [-0.39, 0.29) is 12.1 Å². The van der Waals surface area contributed by atoms with Crippen molar-refractivity contribution in [2.24, 2.45) is 5.92 Å². The molecule has 1 heterocycles. The topological polar surface area (TPSA) is 41.6 Å². The Morgan fingerprint density at radius 2 is 2.36 bits per heavy atom. The molecule has 1 N–H and O–H groups in total. The summed E-state index contributed by atoms with van der Waals surface area (Å²) in [4.78, 5) is 13.3. The van der Waals surface area contributed by atoms with Gasteiger partial charge >= 0.3 is 6.03 Å². The molecule has 1 aliphatic heterocycles. The minimum Gasteiger partial charge on any atom is -0.379 e. The smallest absolute Gasteiger partial charge is 0.317 e. The van der Waals surface area contributed by atoms with Crippen LogP contribution in [0.2, 0.25) is 0 Å². The Morgan fingerprint density at radius 1 is 1.64 bits per heavy atom. The maximum atomic E-state index is 11.6. The van der Waals surface area contributed by atoms with Crippen LogP contribution < -0.4 is 5.32 Å². The zero-order chi connectivity index (χ0) is 10.6. The van der Waals surface area contributed by atoms with E-state index in [1.54, 1.807) is 4.90 Å². The molecule has 4 nitrogen and oxygen atoms in total. The highest BCUT2D eigenvalue weighted by molar-refractivity contribution is 5.74. The summed E-state index contributed by atoms with van der Waals surface area (Å²) in [5, 5.41) is 2.95. The molecule has 1 aliphatic rings. The van der Waals surface area contributed by atoms with E-state index in [0.29, 0.717) is 12.5 Å². The SMILES string of the molecule is CC(C)CN(C)C(=O)NC1CCOC1. The van der Waals surface area contributed by atoms with Gasteiger partial charge in [0.25, 0.3) is 0 Å². The third kappa shape index (κ3) is 3.54. The van der Waals surface area contributed by atoms with Crippen LogP contribution >= 0.6 is 0 Å². The number of rotatable bonds is 3. The first-order valence-corrected chi connectivity index (χ1v) is 5.19. The van der Waals surface area contributed by atoms with Gasteiger partial charge in [-0.1, -0.05) is 13.8 Å². The highest BCUT2D eigenvalue weighted by Gasteiger charge is 2.19. The zero-order valence-corrected chi connectivity index (χ0v) is 9.25. The molecule has 1 saturated heterocycles. The Bertz CT molecular complexity index is 189. The third-order valence-corrected chi connectivity index (χ3v) is 2.24. The van der Waals surface area contributed by atoms with Crippen molar-refractivity contribution >= 4 is 6.03 Å². The number of carbonyl (C=O) groups excluding carboxylic acids is 1. The highest BCUT2D eigenvalue weighted by Crippen LogP contribution is 2.04. The van der Waals surface area contributed by atoms with Crippen LogP contribution in [0.4, 0.5) is 4.79 Å². The average molecular weight is 200 g/mol. The second-order valence-electron chi connectivity index (χ2n) is 4.28. The van der Waals surface area contributed by atoms with Crippen molar-refractivity contribution in [2.75, 3.05) is 26.8 Å². The summed E-state index contributed by atoms with van der Waals surface area (Å²) in [7, 11) is 1.82. The van der Waals surface area contributed by atoms with Crippen molar-refractivity contribution in [1.29, 1.82) is 0 Å². The normalized spacial score (nSPS) is 21.3. The molecule has 14 heavy (non-hydrogen) atoms. The van der Waals surface area contributed by atoms with E-state index in [9.17, 15) is 4.79 Å². The van der Waals surface area contributed by atoms with Crippen molar-refractivity contribution in [3.8, 4) is 0 Å². The molecule has 0 aromatic carbocycles. The summed E-state index contributed by atoms with van der Waals surface area (Å²) < 4.78 is 5.19. The van der Waals surface area contributed by atoms with Gasteiger partial charge in [0.1, 0.15) is 0 Å². The predicted molar refractivity (Wildman–Crippen MR) is 55.2 cm³/mol. The number of urea groups is 1. The lowest BCUT2D eigenvalue weighted by atomic mass is 10.2. The standard InChI is InChI=1S/C10H20N2O2/c1-8(2)6-12(3)10(13)11-9-4-5-14-7-9/h8-9H,4-7H2,1-3H3,(H,11,13). The highest BCUT2D eigenvalue weighted by atomic mass is 16.5. The Hall–Kier alpha value is -0.770. The van der Waals surface area contributed by atoms with E-state index in [2.05, 4.69) is 19.2 Å². The van der Waals surface area contributed by atoms with Crippen molar-refractivity contribution in [3.05, 3.63) is 0 Å². The maximum Gasteiger partial charge on any atom is 0.317 e. The molecule has 1 atom stereocenters. The van der Waals surface area contributed by atoms with Gasteiger partial charge in [-0.15, -0.1) is 0 Å². The quantitative estimate of drug-likeness (QED) is 0.740. The largest absolute Gasteiger partial charge is 0.379 e. The van der Waals surface area contributed by atoms with Gasteiger partial charge in [-0.05, 0) is 12.3 Å². The Labute approximate surface area is 85.6 Å². The summed E-state index contributed by atoms with van der Waals surface area (Å²) in [6.45, 7) is 6.41. The first kappa shape index (κ1) is 11.3. The van der Waals surface area contributed by atoms with Crippen LogP contribution in [0, 0.1) is 5.92 Å². The van der Waals surface area contributed by atoms with Gasteiger partial charge < -0.3 is 15.0 Å². The van der Waals surface area contributed by atoms with E-state index in [4.69, 9.17) is 4.74 Å². The Balaban J connectivity index is 2.25. The molecule has 0 spiro atoms. The fourth-order valence-corrected chi connectivity index (χ4v) is 1.56. The van der Waals surface area contributed by atoms with Crippen LogP contribution in [-0.2, 0) is 4.74 Å². The molecule has 0 aliphatic carbocycles. The molecule has 2 amide bonds. The molecular formula is C10H20N2O2. The fraction of sp³-hybridized carbons (Fsp3) is 0.900. The van der Waals surface area contributed by atoms with Gasteiger partial charge in [0.2, 0.25) is 0 Å². The molecule has 0 radical (unpaired) electrons. The van der Waals surface area contributed by atoms with Crippen LogP contribution in [0.15, 0.2) is 0 Å². The van der Waals surface area contributed by atoms with Gasteiger partial charge in [-0.2, -0.15) is 0 Å². The summed E-state index contributed by atoms with van der Waals surface area (Å²) in [5.74, 6) is 0.505. The van der Waals surface area contributed by atoms with Crippen molar-refractivity contribution in [1.82, 2.24) is 10.2 Å². The van der Waals surface area contributed by atoms with E-state index in [1.165, 1.54) is 0 Å². The molecule has 0 aromatic heterocycles. The number of carbonyl (C=O) groups is 1. The lowest BCUT2D eigenvalue weighted by Crippen LogP contribution is -2.44. The summed E-state index contributed by atoms with van der Waals surface area (Å²) in [6, 6.07) is 0.214. The van der Waals surface area contributed by atoms with E-state index in [1.807, 2.05) is 7.05 Å². The lowest BCUT2D eigenvalue weighted by molar-refractivity contribution is 0.180. The molecule has 0 aromatic rings. The van der Waals surface area contributed by atoms with Crippen molar-refractivity contribution in [2.45, 2.75) is 26.3 Å². The minimum absolute atomic E-state index is 0.00852. The van der Waals surface area contributed by atoms with Gasteiger partial charge in [-0.25, -0.2) is 4.79 Å². The molecule has 1 fully saturated rings. The molecule has 0 bridgehead atoms. The number of nitrogens with one attached hydrogen (secondary N) is 1. The summed E-state index contributed by atoms with van der Waals surface area (Å²) in [6.07, 6.45) is 0.932. The second-order valence-corrected chi connectivity index (χ2v) is 4.28. The van der Waals surface area contributed by atoms with Gasteiger partial charge in [0.05, 0.1) is 12.6 Å². The molecule has 1 rings (SSSR count). The predicted octanol–water partition coefficient (Wildman–Crippen LogP) is 1.07. The number of hydrogen-bond donors (Lipinski definition) is 1.